The van der Waals surface area contributed by atoms with Crippen LogP contribution in [0.1, 0.15) is 126 Å². The molecule has 1 aliphatic rings. The van der Waals surface area contributed by atoms with Crippen molar-refractivity contribution in [3.05, 3.63) is 64.7 Å². The lowest BCUT2D eigenvalue weighted by atomic mass is 9.89. The molecule has 0 aromatic heterocycles. The maximum absolute atomic E-state index is 14.2. The number of rotatable bonds is 16. The van der Waals surface area contributed by atoms with Crippen molar-refractivity contribution in [2.45, 2.75) is 117 Å². The quantitative estimate of drug-likeness (QED) is 0.109. The van der Waals surface area contributed by atoms with Gasteiger partial charge in [-0.2, -0.15) is 13.2 Å². The van der Waals surface area contributed by atoms with E-state index in [4.69, 9.17) is 9.73 Å². The molecular weight excluding hydrogens is 545 g/mol. The van der Waals surface area contributed by atoms with Crippen LogP contribution in [0.5, 0.6) is 5.75 Å². The monoisotopic (exact) mass is 598 g/mol. The molecule has 43 heavy (non-hydrogen) atoms. The molecule has 238 valence electrons. The number of nitrogens with zero attached hydrogens (tertiary/aromatic N) is 2. The minimum Gasteiger partial charge on any atom is -0.493 e. The number of hydrogen-bond donors (Lipinski definition) is 0. The van der Waals surface area contributed by atoms with Gasteiger partial charge in [0, 0.05) is 13.6 Å². The van der Waals surface area contributed by atoms with Crippen LogP contribution in [-0.2, 0) is 6.18 Å². The van der Waals surface area contributed by atoms with E-state index in [1.54, 1.807) is 6.92 Å². The molecule has 0 saturated heterocycles. The molecule has 0 radical (unpaired) electrons. The van der Waals surface area contributed by atoms with Gasteiger partial charge >= 0.3 is 6.18 Å². The second-order valence-corrected chi connectivity index (χ2v) is 13.3. The summed E-state index contributed by atoms with van der Waals surface area (Å²) in [4.78, 5) is 6.84. The summed E-state index contributed by atoms with van der Waals surface area (Å²) in [6.45, 7) is 11.7. The highest BCUT2D eigenvalue weighted by molar-refractivity contribution is 5.96. The van der Waals surface area contributed by atoms with Crippen molar-refractivity contribution in [3.63, 3.8) is 0 Å². The van der Waals surface area contributed by atoms with Gasteiger partial charge in [0.05, 0.1) is 23.8 Å². The molecule has 0 saturated carbocycles. The second-order valence-electron chi connectivity index (χ2n) is 13.3. The van der Waals surface area contributed by atoms with E-state index in [2.05, 4.69) is 39.0 Å². The molecule has 0 aliphatic heterocycles. The highest BCUT2D eigenvalue weighted by Crippen LogP contribution is 2.41. The first-order valence-corrected chi connectivity index (χ1v) is 16.3. The minimum atomic E-state index is -4.53. The summed E-state index contributed by atoms with van der Waals surface area (Å²) in [5, 5.41) is 0. The number of alkyl halides is 3. The Kier molecular flexibility index (Phi) is 13.2. The summed E-state index contributed by atoms with van der Waals surface area (Å²) >= 11 is 0. The van der Waals surface area contributed by atoms with Gasteiger partial charge in [0.25, 0.3) is 0 Å². The van der Waals surface area contributed by atoms with Crippen LogP contribution in [0.15, 0.2) is 47.5 Å². The van der Waals surface area contributed by atoms with Crippen LogP contribution in [-0.4, -0.2) is 30.9 Å². The number of hydrogen-bond acceptors (Lipinski definition) is 2. The van der Waals surface area contributed by atoms with Crippen LogP contribution >= 0.6 is 0 Å². The topological polar surface area (TPSA) is 24.8 Å². The number of aryl methyl sites for hydroxylation is 1. The van der Waals surface area contributed by atoms with E-state index < -0.39 is 11.7 Å². The number of amidine groups is 1. The zero-order valence-corrected chi connectivity index (χ0v) is 27.3. The minimum absolute atomic E-state index is 0.105. The van der Waals surface area contributed by atoms with Crippen molar-refractivity contribution >= 4 is 17.6 Å². The fourth-order valence-electron chi connectivity index (χ4n) is 5.64. The lowest BCUT2D eigenvalue weighted by Crippen LogP contribution is -2.30. The van der Waals surface area contributed by atoms with Gasteiger partial charge in [-0.3, -0.25) is 0 Å². The van der Waals surface area contributed by atoms with Gasteiger partial charge in [0.15, 0.2) is 0 Å². The SMILES string of the molecule is CCN(C)C(=Nc1cc(C(F)(F)F)c(OCCCCCCCCCCCCC(C)(C)C)cc1C)C1C=Cc2ccccc21. The fraction of sp³-hybridized carbons (Fsp3) is 0.595. The normalized spacial score (nSPS) is 15.2. The molecule has 0 heterocycles. The zero-order chi connectivity index (χ0) is 31.5. The second kappa shape index (κ2) is 16.4. The molecule has 0 fully saturated rings. The lowest BCUT2D eigenvalue weighted by Gasteiger charge is -2.25. The highest BCUT2D eigenvalue weighted by Gasteiger charge is 2.35. The number of halogens is 3. The van der Waals surface area contributed by atoms with Gasteiger partial charge < -0.3 is 9.64 Å². The predicted octanol–water partition coefficient (Wildman–Crippen LogP) is 11.5. The third kappa shape index (κ3) is 11.0. The molecule has 1 unspecified atom stereocenters. The Balaban J connectivity index is 1.54. The zero-order valence-electron chi connectivity index (χ0n) is 27.3. The van der Waals surface area contributed by atoms with E-state index in [1.807, 2.05) is 37.1 Å². The van der Waals surface area contributed by atoms with Crippen LogP contribution in [0.3, 0.4) is 0 Å². The molecule has 1 aliphatic carbocycles. The molecule has 0 N–H and O–H groups in total. The van der Waals surface area contributed by atoms with Gasteiger partial charge in [0.2, 0.25) is 0 Å². The van der Waals surface area contributed by atoms with E-state index >= 15 is 0 Å². The first-order valence-electron chi connectivity index (χ1n) is 16.3. The van der Waals surface area contributed by atoms with Crippen LogP contribution in [0.4, 0.5) is 18.9 Å². The first-order chi connectivity index (χ1) is 20.4. The van der Waals surface area contributed by atoms with Gasteiger partial charge in [0.1, 0.15) is 11.6 Å². The molecule has 0 bridgehead atoms. The molecule has 3 rings (SSSR count). The number of benzene rings is 2. The summed E-state index contributed by atoms with van der Waals surface area (Å²) in [5.74, 6) is 0.519. The number of ether oxygens (including phenoxy) is 1. The molecule has 0 amide bonds. The number of unbranched alkanes of at least 4 members (excludes halogenated alkanes) is 9. The van der Waals surface area contributed by atoms with E-state index in [0.29, 0.717) is 23.2 Å². The molecule has 0 spiro atoms. The van der Waals surface area contributed by atoms with Crippen LogP contribution < -0.4 is 4.74 Å². The summed E-state index contributed by atoms with van der Waals surface area (Å²) in [6, 6.07) is 10.7. The fourth-order valence-corrected chi connectivity index (χ4v) is 5.64. The summed E-state index contributed by atoms with van der Waals surface area (Å²) < 4.78 is 48.2. The van der Waals surface area contributed by atoms with E-state index in [1.165, 1.54) is 57.4 Å². The summed E-state index contributed by atoms with van der Waals surface area (Å²) in [6.07, 6.45) is 12.6. The van der Waals surface area contributed by atoms with Crippen molar-refractivity contribution in [2.24, 2.45) is 10.4 Å². The maximum atomic E-state index is 14.2. The molecule has 1 atom stereocenters. The standard InChI is InChI=1S/C37H53F3N2O/c1-7-42(6)35(31-23-22-29-20-16-17-21-30(29)31)41-33-27-32(37(38,39)40)34(26-28(33)2)43-25-19-15-13-11-9-8-10-12-14-18-24-36(3,4)5/h16-17,20-23,26-27,31H,7-15,18-19,24-25H2,1-6H3. The van der Waals surface area contributed by atoms with Crippen molar-refractivity contribution in [2.75, 3.05) is 20.2 Å². The molecule has 2 aromatic carbocycles. The Morgan fingerprint density at radius 2 is 1.49 bits per heavy atom. The average Bonchev–Trinajstić information content (AvgIpc) is 3.37. The van der Waals surface area contributed by atoms with Gasteiger partial charge in [-0.15, -0.1) is 0 Å². The van der Waals surface area contributed by atoms with Crippen molar-refractivity contribution < 1.29 is 17.9 Å². The Hall–Kier alpha value is -2.76. The molecule has 6 heteroatoms. The molecule has 2 aromatic rings. The maximum Gasteiger partial charge on any atom is 0.420 e. The lowest BCUT2D eigenvalue weighted by molar-refractivity contribution is -0.138. The summed E-state index contributed by atoms with van der Waals surface area (Å²) in [5.41, 5.74) is 2.89. The van der Waals surface area contributed by atoms with Crippen molar-refractivity contribution in [1.82, 2.24) is 4.90 Å². The van der Waals surface area contributed by atoms with Crippen molar-refractivity contribution in [1.29, 1.82) is 0 Å². The Morgan fingerprint density at radius 3 is 2.09 bits per heavy atom. The van der Waals surface area contributed by atoms with Gasteiger partial charge in [-0.1, -0.05) is 115 Å². The Morgan fingerprint density at radius 1 is 0.884 bits per heavy atom. The smallest absolute Gasteiger partial charge is 0.420 e. The number of aliphatic imine (C=N–C) groups is 1. The third-order valence-electron chi connectivity index (χ3n) is 8.36. The van der Waals surface area contributed by atoms with Crippen LogP contribution in [0.2, 0.25) is 0 Å². The predicted molar refractivity (Wildman–Crippen MR) is 176 cm³/mol. The number of fused-ring (bicyclic) bond motifs is 1. The largest absolute Gasteiger partial charge is 0.493 e. The van der Waals surface area contributed by atoms with Crippen molar-refractivity contribution in [3.8, 4) is 5.75 Å². The molecular formula is C37H53F3N2O. The average molecular weight is 599 g/mol. The third-order valence-corrected chi connectivity index (χ3v) is 8.36. The highest BCUT2D eigenvalue weighted by atomic mass is 19.4. The number of likely N-dealkylation sites (N-methyl/N-ethyl adjacent to an activating group) is 1. The van der Waals surface area contributed by atoms with E-state index in [9.17, 15) is 13.2 Å². The van der Waals surface area contributed by atoms with Crippen LogP contribution in [0, 0.1) is 12.3 Å². The van der Waals surface area contributed by atoms with Crippen LogP contribution in [0.25, 0.3) is 6.08 Å². The first kappa shape index (κ1) is 34.7. The van der Waals surface area contributed by atoms with E-state index in [0.717, 1.165) is 42.3 Å². The van der Waals surface area contributed by atoms with Gasteiger partial charge in [-0.05, 0) is 60.9 Å². The Labute approximate surface area is 258 Å². The Bertz CT molecular complexity index is 1210. The summed E-state index contributed by atoms with van der Waals surface area (Å²) in [7, 11) is 1.93. The molecule has 3 nitrogen and oxygen atoms in total. The van der Waals surface area contributed by atoms with E-state index in [-0.39, 0.29) is 18.3 Å². The van der Waals surface area contributed by atoms with Gasteiger partial charge in [-0.25, -0.2) is 4.99 Å².